The Morgan fingerprint density at radius 1 is 1.41 bits per heavy atom. The van der Waals surface area contributed by atoms with Crippen molar-refractivity contribution in [3.8, 4) is 0 Å². The van der Waals surface area contributed by atoms with Crippen LogP contribution in [0.5, 0.6) is 0 Å². The number of likely N-dealkylation sites (N-methyl/N-ethyl adjacent to an activating group) is 1. The minimum atomic E-state index is -0.505. The summed E-state index contributed by atoms with van der Waals surface area (Å²) in [6.07, 6.45) is -0.000730. The molecule has 0 spiro atoms. The number of hydrogen-bond donors (Lipinski definition) is 1. The molecular formula is C13H19BrFNO. The number of benzene rings is 1. The van der Waals surface area contributed by atoms with E-state index in [-0.39, 0.29) is 11.4 Å². The Labute approximate surface area is 111 Å². The van der Waals surface area contributed by atoms with Crippen molar-refractivity contribution in [3.05, 3.63) is 34.1 Å². The number of aliphatic hydroxyl groups is 1. The normalized spacial score (nSPS) is 14.1. The molecule has 0 aromatic heterocycles. The molecule has 1 N–H and O–H groups in total. The average molecular weight is 304 g/mol. The van der Waals surface area contributed by atoms with Crippen molar-refractivity contribution in [3.63, 3.8) is 0 Å². The van der Waals surface area contributed by atoms with E-state index >= 15 is 0 Å². The van der Waals surface area contributed by atoms with E-state index in [0.29, 0.717) is 10.9 Å². The molecule has 1 rings (SSSR count). The Kier molecular flexibility index (Phi) is 4.69. The number of hydrogen-bond acceptors (Lipinski definition) is 2. The van der Waals surface area contributed by atoms with Gasteiger partial charge < -0.3 is 10.0 Å². The molecule has 0 amide bonds. The molecule has 0 aliphatic carbocycles. The largest absolute Gasteiger partial charge is 0.391 e. The first-order valence-electron chi connectivity index (χ1n) is 5.54. The van der Waals surface area contributed by atoms with Crippen molar-refractivity contribution in [2.45, 2.75) is 31.9 Å². The van der Waals surface area contributed by atoms with Gasteiger partial charge in [0.25, 0.3) is 0 Å². The van der Waals surface area contributed by atoms with E-state index in [2.05, 4.69) is 15.9 Å². The van der Waals surface area contributed by atoms with Gasteiger partial charge in [-0.1, -0.05) is 6.07 Å². The minimum Gasteiger partial charge on any atom is -0.391 e. The van der Waals surface area contributed by atoms with Crippen LogP contribution in [0.2, 0.25) is 0 Å². The Morgan fingerprint density at radius 2 is 2.00 bits per heavy atom. The predicted octanol–water partition coefficient (Wildman–Crippen LogP) is 2.83. The van der Waals surface area contributed by atoms with Crippen LogP contribution in [0.15, 0.2) is 22.7 Å². The van der Waals surface area contributed by atoms with Crippen LogP contribution in [0, 0.1) is 5.82 Å². The molecule has 1 atom stereocenters. The van der Waals surface area contributed by atoms with E-state index < -0.39 is 6.10 Å². The second-order valence-corrected chi connectivity index (χ2v) is 5.87. The van der Waals surface area contributed by atoms with Crippen LogP contribution in [0.1, 0.15) is 19.4 Å². The maximum absolute atomic E-state index is 13.1. The maximum atomic E-state index is 13.1. The smallest absolute Gasteiger partial charge is 0.137 e. The summed E-state index contributed by atoms with van der Waals surface area (Å²) < 4.78 is 13.5. The standard InChI is InChI=1S/C13H19BrFNO/c1-13(2,16(3)4)12(17)8-9-5-6-11(15)10(14)7-9/h5-7,12,17H,8H2,1-4H3. The molecule has 0 heterocycles. The van der Waals surface area contributed by atoms with Gasteiger partial charge in [0.1, 0.15) is 5.82 Å². The summed E-state index contributed by atoms with van der Waals surface area (Å²) in [5, 5.41) is 10.2. The molecular weight excluding hydrogens is 285 g/mol. The van der Waals surface area contributed by atoms with Crippen molar-refractivity contribution >= 4 is 15.9 Å². The lowest BCUT2D eigenvalue weighted by Gasteiger charge is -2.37. The van der Waals surface area contributed by atoms with Crippen LogP contribution in [0.4, 0.5) is 4.39 Å². The molecule has 0 aliphatic rings. The van der Waals surface area contributed by atoms with Crippen LogP contribution in [0.3, 0.4) is 0 Å². The van der Waals surface area contributed by atoms with Crippen LogP contribution in [-0.4, -0.2) is 35.7 Å². The lowest BCUT2D eigenvalue weighted by atomic mass is 9.91. The van der Waals surface area contributed by atoms with Crippen LogP contribution >= 0.6 is 15.9 Å². The number of nitrogens with zero attached hydrogens (tertiary/aromatic N) is 1. The van der Waals surface area contributed by atoms with E-state index in [0.717, 1.165) is 5.56 Å². The molecule has 1 aromatic carbocycles. The van der Waals surface area contributed by atoms with Gasteiger partial charge in [0.05, 0.1) is 10.6 Å². The molecule has 1 unspecified atom stereocenters. The lowest BCUT2D eigenvalue weighted by molar-refractivity contribution is 0.0182. The van der Waals surface area contributed by atoms with Gasteiger partial charge in [-0.15, -0.1) is 0 Å². The summed E-state index contributed by atoms with van der Waals surface area (Å²) in [5.74, 6) is -0.282. The highest BCUT2D eigenvalue weighted by atomic mass is 79.9. The monoisotopic (exact) mass is 303 g/mol. The summed E-state index contributed by atoms with van der Waals surface area (Å²) >= 11 is 3.15. The SMILES string of the molecule is CN(C)C(C)(C)C(O)Cc1ccc(F)c(Br)c1. The first kappa shape index (κ1) is 14.6. The zero-order valence-electron chi connectivity index (χ0n) is 10.7. The van der Waals surface area contributed by atoms with Crippen LogP contribution in [0.25, 0.3) is 0 Å². The first-order valence-corrected chi connectivity index (χ1v) is 6.34. The second-order valence-electron chi connectivity index (χ2n) is 5.02. The number of aliphatic hydroxyl groups excluding tert-OH is 1. The van der Waals surface area contributed by atoms with Gasteiger partial charge >= 0.3 is 0 Å². The quantitative estimate of drug-likeness (QED) is 0.924. The van der Waals surface area contributed by atoms with Crippen molar-refractivity contribution in [1.82, 2.24) is 4.90 Å². The summed E-state index contributed by atoms with van der Waals surface area (Å²) in [4.78, 5) is 1.98. The zero-order chi connectivity index (χ0) is 13.2. The lowest BCUT2D eigenvalue weighted by Crippen LogP contribution is -2.49. The van der Waals surface area contributed by atoms with E-state index in [9.17, 15) is 9.50 Å². The molecule has 4 heteroatoms. The van der Waals surface area contributed by atoms with E-state index in [4.69, 9.17) is 0 Å². The fourth-order valence-electron chi connectivity index (χ4n) is 1.44. The highest BCUT2D eigenvalue weighted by molar-refractivity contribution is 9.10. The molecule has 0 saturated carbocycles. The Balaban J connectivity index is 2.81. The Bertz CT molecular complexity index is 393. The third kappa shape index (κ3) is 3.50. The molecule has 0 saturated heterocycles. The highest BCUT2D eigenvalue weighted by Gasteiger charge is 2.29. The van der Waals surface area contributed by atoms with Gasteiger partial charge in [-0.25, -0.2) is 4.39 Å². The average Bonchev–Trinajstić information content (AvgIpc) is 2.23. The van der Waals surface area contributed by atoms with Crippen molar-refractivity contribution in [2.24, 2.45) is 0 Å². The first-order chi connectivity index (χ1) is 7.75. The summed E-state index contributed by atoms with van der Waals surface area (Å²) in [6, 6.07) is 4.83. The predicted molar refractivity (Wildman–Crippen MR) is 71.6 cm³/mol. The molecule has 0 fully saturated rings. The Morgan fingerprint density at radius 3 is 2.47 bits per heavy atom. The molecule has 1 aromatic rings. The molecule has 2 nitrogen and oxygen atoms in total. The molecule has 17 heavy (non-hydrogen) atoms. The zero-order valence-corrected chi connectivity index (χ0v) is 12.3. The second kappa shape index (κ2) is 5.46. The van der Waals surface area contributed by atoms with E-state index in [1.807, 2.05) is 32.8 Å². The fourth-order valence-corrected chi connectivity index (χ4v) is 1.86. The maximum Gasteiger partial charge on any atom is 0.137 e. The third-order valence-electron chi connectivity index (χ3n) is 3.38. The van der Waals surface area contributed by atoms with Gasteiger partial charge in [-0.3, -0.25) is 0 Å². The summed E-state index contributed by atoms with van der Waals surface area (Å²) in [6.45, 7) is 3.96. The Hall–Kier alpha value is -0.450. The third-order valence-corrected chi connectivity index (χ3v) is 3.99. The van der Waals surface area contributed by atoms with Gasteiger partial charge in [-0.2, -0.15) is 0 Å². The molecule has 0 bridgehead atoms. The van der Waals surface area contributed by atoms with Crippen molar-refractivity contribution in [2.75, 3.05) is 14.1 Å². The van der Waals surface area contributed by atoms with Gasteiger partial charge in [0, 0.05) is 12.0 Å². The van der Waals surface area contributed by atoms with E-state index in [1.165, 1.54) is 6.07 Å². The molecule has 96 valence electrons. The minimum absolute atomic E-state index is 0.282. The van der Waals surface area contributed by atoms with Gasteiger partial charge in [0.15, 0.2) is 0 Å². The summed E-state index contributed by atoms with van der Waals surface area (Å²) in [7, 11) is 3.87. The van der Waals surface area contributed by atoms with Crippen LogP contribution in [-0.2, 0) is 6.42 Å². The summed E-state index contributed by atoms with van der Waals surface area (Å²) in [5.41, 5.74) is 0.599. The number of halogens is 2. The van der Waals surface area contributed by atoms with E-state index in [1.54, 1.807) is 12.1 Å². The van der Waals surface area contributed by atoms with Crippen molar-refractivity contribution in [1.29, 1.82) is 0 Å². The topological polar surface area (TPSA) is 23.5 Å². The highest BCUT2D eigenvalue weighted by Crippen LogP contribution is 2.22. The van der Waals surface area contributed by atoms with Crippen LogP contribution < -0.4 is 0 Å². The number of rotatable bonds is 4. The molecule has 0 radical (unpaired) electrons. The van der Waals surface area contributed by atoms with Gasteiger partial charge in [0.2, 0.25) is 0 Å². The molecule has 0 aliphatic heterocycles. The fraction of sp³-hybridized carbons (Fsp3) is 0.538. The van der Waals surface area contributed by atoms with Gasteiger partial charge in [-0.05, 0) is 61.6 Å². The van der Waals surface area contributed by atoms with Crippen molar-refractivity contribution < 1.29 is 9.50 Å².